The van der Waals surface area contributed by atoms with Gasteiger partial charge in [0, 0.05) is 24.4 Å². The molecule has 1 aromatic heterocycles. The summed E-state index contributed by atoms with van der Waals surface area (Å²) in [5.41, 5.74) is 1.44. The largest absolute Gasteiger partial charge is 0.457 e. The summed E-state index contributed by atoms with van der Waals surface area (Å²) in [6, 6.07) is 6.21. The summed E-state index contributed by atoms with van der Waals surface area (Å²) >= 11 is 5.78. The van der Waals surface area contributed by atoms with E-state index in [-0.39, 0.29) is 5.69 Å². The van der Waals surface area contributed by atoms with Crippen LogP contribution in [0.5, 0.6) is 11.5 Å². The van der Waals surface area contributed by atoms with E-state index in [2.05, 4.69) is 4.98 Å². The zero-order valence-electron chi connectivity index (χ0n) is 10.4. The van der Waals surface area contributed by atoms with E-state index < -0.39 is 4.92 Å². The van der Waals surface area contributed by atoms with Crippen LogP contribution in [0.4, 0.5) is 5.69 Å². The maximum absolute atomic E-state index is 10.8. The molecule has 0 N–H and O–H groups in total. The number of aromatic nitrogens is 1. The number of hydrogen-bond acceptors (Lipinski definition) is 4. The summed E-state index contributed by atoms with van der Waals surface area (Å²) in [7, 11) is 0. The van der Waals surface area contributed by atoms with Crippen molar-refractivity contribution in [1.29, 1.82) is 0 Å². The molecular weight excluding hydrogens is 268 g/mol. The first-order valence-corrected chi connectivity index (χ1v) is 5.90. The second-order valence-corrected chi connectivity index (χ2v) is 4.47. The molecule has 1 heterocycles. The molecule has 0 unspecified atom stereocenters. The van der Waals surface area contributed by atoms with E-state index in [1.807, 2.05) is 0 Å². The molecule has 0 bridgehead atoms. The van der Waals surface area contributed by atoms with Gasteiger partial charge in [-0.05, 0) is 31.0 Å². The number of halogens is 1. The molecule has 0 spiro atoms. The van der Waals surface area contributed by atoms with Crippen LogP contribution in [0.3, 0.4) is 0 Å². The van der Waals surface area contributed by atoms with Crippen molar-refractivity contribution >= 4 is 17.3 Å². The van der Waals surface area contributed by atoms with Crippen molar-refractivity contribution in [1.82, 2.24) is 4.98 Å². The minimum Gasteiger partial charge on any atom is -0.457 e. The average Bonchev–Trinajstić information content (AvgIpc) is 2.33. The van der Waals surface area contributed by atoms with Crippen LogP contribution >= 0.6 is 11.6 Å². The molecule has 6 heteroatoms. The van der Waals surface area contributed by atoms with Gasteiger partial charge in [0.15, 0.2) is 0 Å². The SMILES string of the molecule is Cc1cc([N+](=O)[O-])cc(C)c1Oc1ccnc(Cl)c1. The van der Waals surface area contributed by atoms with Gasteiger partial charge in [-0.15, -0.1) is 0 Å². The number of nitro groups is 1. The van der Waals surface area contributed by atoms with Gasteiger partial charge in [-0.2, -0.15) is 0 Å². The molecule has 0 aliphatic rings. The second-order valence-electron chi connectivity index (χ2n) is 4.08. The highest BCUT2D eigenvalue weighted by Gasteiger charge is 2.13. The van der Waals surface area contributed by atoms with Gasteiger partial charge in [-0.3, -0.25) is 10.1 Å². The summed E-state index contributed by atoms with van der Waals surface area (Å²) in [6.07, 6.45) is 1.54. The first-order chi connectivity index (χ1) is 8.97. The third-order valence-electron chi connectivity index (χ3n) is 2.57. The van der Waals surface area contributed by atoms with Crippen LogP contribution < -0.4 is 4.74 Å². The minimum atomic E-state index is -0.424. The standard InChI is InChI=1S/C13H11ClN2O3/c1-8-5-10(16(17)18)6-9(2)13(8)19-11-3-4-15-12(14)7-11/h3-7H,1-2H3. The number of ether oxygens (including phenoxy) is 1. The number of nitro benzene ring substituents is 1. The Kier molecular flexibility index (Phi) is 3.66. The lowest BCUT2D eigenvalue weighted by Gasteiger charge is -2.11. The molecule has 0 aliphatic carbocycles. The van der Waals surface area contributed by atoms with Crippen molar-refractivity contribution in [2.45, 2.75) is 13.8 Å². The van der Waals surface area contributed by atoms with E-state index >= 15 is 0 Å². The first-order valence-electron chi connectivity index (χ1n) is 5.52. The fourth-order valence-electron chi connectivity index (χ4n) is 1.76. The summed E-state index contributed by atoms with van der Waals surface area (Å²) in [6.45, 7) is 3.52. The molecule has 98 valence electrons. The highest BCUT2D eigenvalue weighted by Crippen LogP contribution is 2.32. The van der Waals surface area contributed by atoms with E-state index in [9.17, 15) is 10.1 Å². The monoisotopic (exact) mass is 278 g/mol. The van der Waals surface area contributed by atoms with Gasteiger partial charge in [-0.25, -0.2) is 4.98 Å². The Morgan fingerprint density at radius 3 is 2.42 bits per heavy atom. The number of non-ortho nitro benzene ring substituents is 1. The fraction of sp³-hybridized carbons (Fsp3) is 0.154. The van der Waals surface area contributed by atoms with E-state index in [1.54, 1.807) is 26.0 Å². The minimum absolute atomic E-state index is 0.0510. The van der Waals surface area contributed by atoms with Gasteiger partial charge < -0.3 is 4.74 Å². The van der Waals surface area contributed by atoms with Gasteiger partial charge in [0.25, 0.3) is 5.69 Å². The van der Waals surface area contributed by atoms with Crippen molar-refractivity contribution in [2.24, 2.45) is 0 Å². The van der Waals surface area contributed by atoms with Crippen LogP contribution in [0.2, 0.25) is 5.15 Å². The Morgan fingerprint density at radius 1 is 1.26 bits per heavy atom. The molecule has 0 atom stereocenters. The van der Waals surface area contributed by atoms with Crippen LogP contribution in [0.25, 0.3) is 0 Å². The zero-order chi connectivity index (χ0) is 14.0. The molecule has 1 aromatic carbocycles. The van der Waals surface area contributed by atoms with Gasteiger partial charge in [-0.1, -0.05) is 11.6 Å². The first kappa shape index (κ1) is 13.3. The number of rotatable bonds is 3. The summed E-state index contributed by atoms with van der Waals surface area (Å²) < 4.78 is 5.71. The summed E-state index contributed by atoms with van der Waals surface area (Å²) in [4.78, 5) is 14.2. The summed E-state index contributed by atoms with van der Waals surface area (Å²) in [5.74, 6) is 1.13. The third-order valence-corrected chi connectivity index (χ3v) is 2.78. The van der Waals surface area contributed by atoms with E-state index in [1.165, 1.54) is 18.3 Å². The Hall–Kier alpha value is -2.14. The lowest BCUT2D eigenvalue weighted by Crippen LogP contribution is -1.95. The molecule has 5 nitrogen and oxygen atoms in total. The normalized spacial score (nSPS) is 10.3. The molecule has 19 heavy (non-hydrogen) atoms. The predicted octanol–water partition coefficient (Wildman–Crippen LogP) is 4.05. The molecule has 2 rings (SSSR count). The van der Waals surface area contributed by atoms with Crippen LogP contribution in [0.1, 0.15) is 11.1 Å². The Bertz CT molecular complexity index is 621. The van der Waals surface area contributed by atoms with Crippen molar-refractivity contribution in [3.8, 4) is 11.5 Å². The Labute approximate surface area is 115 Å². The van der Waals surface area contributed by atoms with Gasteiger partial charge in [0.2, 0.25) is 0 Å². The molecule has 0 saturated heterocycles. The topological polar surface area (TPSA) is 65.3 Å². The zero-order valence-corrected chi connectivity index (χ0v) is 11.1. The van der Waals surface area contributed by atoms with Crippen molar-refractivity contribution in [3.63, 3.8) is 0 Å². The number of aryl methyl sites for hydroxylation is 2. The van der Waals surface area contributed by atoms with Crippen LogP contribution in [-0.2, 0) is 0 Å². The quantitative estimate of drug-likeness (QED) is 0.482. The van der Waals surface area contributed by atoms with Crippen LogP contribution in [-0.4, -0.2) is 9.91 Å². The molecule has 0 fully saturated rings. The number of benzene rings is 1. The number of pyridine rings is 1. The van der Waals surface area contributed by atoms with E-state index in [4.69, 9.17) is 16.3 Å². The highest BCUT2D eigenvalue weighted by atomic mass is 35.5. The number of nitrogens with zero attached hydrogens (tertiary/aromatic N) is 2. The molecule has 0 saturated carbocycles. The van der Waals surface area contributed by atoms with Crippen LogP contribution in [0.15, 0.2) is 30.5 Å². The average molecular weight is 279 g/mol. The molecule has 0 aliphatic heterocycles. The van der Waals surface area contributed by atoms with E-state index in [0.29, 0.717) is 27.8 Å². The molecule has 0 amide bonds. The Balaban J connectivity index is 2.38. The smallest absolute Gasteiger partial charge is 0.270 e. The van der Waals surface area contributed by atoms with Gasteiger partial charge >= 0.3 is 0 Å². The maximum Gasteiger partial charge on any atom is 0.270 e. The fourth-order valence-corrected chi connectivity index (χ4v) is 1.92. The van der Waals surface area contributed by atoms with Gasteiger partial charge in [0.05, 0.1) is 4.92 Å². The maximum atomic E-state index is 10.8. The van der Waals surface area contributed by atoms with Crippen molar-refractivity contribution in [3.05, 3.63) is 56.9 Å². The lowest BCUT2D eigenvalue weighted by atomic mass is 10.1. The summed E-state index contributed by atoms with van der Waals surface area (Å²) in [5, 5.41) is 11.1. The second kappa shape index (κ2) is 5.24. The van der Waals surface area contributed by atoms with Crippen molar-refractivity contribution < 1.29 is 9.66 Å². The predicted molar refractivity (Wildman–Crippen MR) is 71.9 cm³/mol. The lowest BCUT2D eigenvalue weighted by molar-refractivity contribution is -0.385. The Morgan fingerprint density at radius 2 is 1.89 bits per heavy atom. The molecule has 2 aromatic rings. The molecule has 0 radical (unpaired) electrons. The molecular formula is C13H11ClN2O3. The third kappa shape index (κ3) is 3.00. The van der Waals surface area contributed by atoms with Crippen LogP contribution in [0, 0.1) is 24.0 Å². The van der Waals surface area contributed by atoms with Gasteiger partial charge in [0.1, 0.15) is 16.7 Å². The highest BCUT2D eigenvalue weighted by molar-refractivity contribution is 6.29. The number of hydrogen-bond donors (Lipinski definition) is 0. The van der Waals surface area contributed by atoms with Crippen molar-refractivity contribution in [2.75, 3.05) is 0 Å². The van der Waals surface area contributed by atoms with E-state index in [0.717, 1.165) is 0 Å².